The second-order valence-corrected chi connectivity index (χ2v) is 6.97. The molecule has 2 aliphatic rings. The fourth-order valence-corrected chi connectivity index (χ4v) is 3.75. The molecule has 1 heterocycles. The Morgan fingerprint density at radius 3 is 2.57 bits per heavy atom. The summed E-state index contributed by atoms with van der Waals surface area (Å²) < 4.78 is 48.9. The van der Waals surface area contributed by atoms with Gasteiger partial charge in [0.15, 0.2) is 6.10 Å². The van der Waals surface area contributed by atoms with Crippen molar-refractivity contribution in [3.8, 4) is 11.5 Å². The number of cyclic esters (lactones) is 1. The van der Waals surface area contributed by atoms with Crippen LogP contribution in [0.4, 0.5) is 18.0 Å². The molecule has 1 unspecified atom stereocenters. The number of aryl methyl sites for hydroxylation is 1. The Labute approximate surface area is 162 Å². The van der Waals surface area contributed by atoms with Crippen molar-refractivity contribution >= 4 is 23.6 Å². The molecule has 4 rings (SSSR count). The van der Waals surface area contributed by atoms with Crippen molar-refractivity contribution in [3.05, 3.63) is 58.1 Å². The highest BCUT2D eigenvalue weighted by molar-refractivity contribution is 6.32. The average molecular weight is 412 g/mol. The molecule has 2 atom stereocenters. The van der Waals surface area contributed by atoms with Crippen LogP contribution in [0.1, 0.15) is 29.0 Å². The first-order valence-electron chi connectivity index (χ1n) is 8.41. The molecule has 9 heteroatoms. The van der Waals surface area contributed by atoms with Gasteiger partial charge in [0.1, 0.15) is 11.5 Å². The highest BCUT2D eigenvalue weighted by Gasteiger charge is 2.42. The molecule has 1 fully saturated rings. The number of halogens is 4. The van der Waals surface area contributed by atoms with Gasteiger partial charge < -0.3 is 9.47 Å². The Balaban J connectivity index is 1.54. The molecule has 1 aliphatic carbocycles. The van der Waals surface area contributed by atoms with Crippen LogP contribution in [-0.2, 0) is 22.1 Å². The van der Waals surface area contributed by atoms with E-state index in [2.05, 4.69) is 5.32 Å². The number of rotatable bonds is 3. The van der Waals surface area contributed by atoms with Gasteiger partial charge in [0.2, 0.25) is 0 Å². The summed E-state index contributed by atoms with van der Waals surface area (Å²) >= 11 is 5.92. The van der Waals surface area contributed by atoms with E-state index in [4.69, 9.17) is 21.1 Å². The lowest BCUT2D eigenvalue weighted by molar-refractivity contribution is -0.137. The predicted octanol–water partition coefficient (Wildman–Crippen LogP) is 4.82. The zero-order valence-electron chi connectivity index (χ0n) is 14.2. The number of alkyl halides is 3. The third-order valence-electron chi connectivity index (χ3n) is 4.81. The third-order valence-corrected chi connectivity index (χ3v) is 5.10. The summed E-state index contributed by atoms with van der Waals surface area (Å²) in [6, 6.07) is 8.03. The Morgan fingerprint density at radius 1 is 1.14 bits per heavy atom. The topological polar surface area (TPSA) is 64.6 Å². The van der Waals surface area contributed by atoms with Gasteiger partial charge in [-0.1, -0.05) is 17.7 Å². The number of ether oxygens (including phenoxy) is 2. The standard InChI is InChI=1S/C19H13ClF3NO4/c20-14-8-10(19(21,22)23)2-6-15(14)27-11-3-5-12-9(7-11)1-4-13(12)16-17(25)24-18(26)28-16/h2-3,5-8,13,16H,1,4H2,(H,24,25,26)/t13-,16?/m1/s1. The Morgan fingerprint density at radius 2 is 1.93 bits per heavy atom. The lowest BCUT2D eigenvalue weighted by atomic mass is 9.95. The first-order valence-corrected chi connectivity index (χ1v) is 8.79. The summed E-state index contributed by atoms with van der Waals surface area (Å²) in [6.45, 7) is 0. The first-order chi connectivity index (χ1) is 13.2. The van der Waals surface area contributed by atoms with Crippen molar-refractivity contribution in [2.45, 2.75) is 31.0 Å². The molecule has 0 bridgehead atoms. The van der Waals surface area contributed by atoms with Gasteiger partial charge in [-0.2, -0.15) is 13.2 Å². The van der Waals surface area contributed by atoms with Gasteiger partial charge in [-0.3, -0.25) is 10.1 Å². The van der Waals surface area contributed by atoms with Crippen LogP contribution in [-0.4, -0.2) is 18.1 Å². The van der Waals surface area contributed by atoms with Crippen molar-refractivity contribution < 1.29 is 32.2 Å². The van der Waals surface area contributed by atoms with Gasteiger partial charge in [-0.25, -0.2) is 4.79 Å². The zero-order chi connectivity index (χ0) is 20.1. The van der Waals surface area contributed by atoms with E-state index in [1.54, 1.807) is 18.2 Å². The number of hydrogen-bond donors (Lipinski definition) is 1. The maximum atomic E-state index is 12.7. The summed E-state index contributed by atoms with van der Waals surface area (Å²) in [5.41, 5.74) is 0.938. The lowest BCUT2D eigenvalue weighted by Crippen LogP contribution is -2.28. The van der Waals surface area contributed by atoms with Crippen LogP contribution < -0.4 is 10.1 Å². The monoisotopic (exact) mass is 411 g/mol. The minimum Gasteiger partial charge on any atom is -0.456 e. The number of carbonyl (C=O) groups is 2. The SMILES string of the molecule is O=C1NC(=O)C([C@@H]2CCc3cc(Oc4ccc(C(F)(F)F)cc4Cl)ccc32)O1. The molecule has 0 radical (unpaired) electrons. The minimum absolute atomic E-state index is 0.105. The lowest BCUT2D eigenvalue weighted by Gasteiger charge is -2.16. The molecule has 2 amide bonds. The molecular weight excluding hydrogens is 399 g/mol. The van der Waals surface area contributed by atoms with Crippen LogP contribution in [0.15, 0.2) is 36.4 Å². The van der Waals surface area contributed by atoms with E-state index in [1.807, 2.05) is 0 Å². The van der Waals surface area contributed by atoms with E-state index < -0.39 is 29.8 Å². The van der Waals surface area contributed by atoms with E-state index in [9.17, 15) is 22.8 Å². The van der Waals surface area contributed by atoms with E-state index in [1.165, 1.54) is 6.07 Å². The molecule has 0 saturated carbocycles. The first kappa shape index (κ1) is 18.6. The van der Waals surface area contributed by atoms with Crippen LogP contribution in [0.3, 0.4) is 0 Å². The van der Waals surface area contributed by atoms with Gasteiger partial charge >= 0.3 is 12.3 Å². The molecule has 1 saturated heterocycles. The Bertz CT molecular complexity index is 976. The summed E-state index contributed by atoms with van der Waals surface area (Å²) in [5.74, 6) is -0.188. The maximum Gasteiger partial charge on any atom is 0.416 e. The average Bonchev–Trinajstić information content (AvgIpc) is 3.17. The van der Waals surface area contributed by atoms with Gasteiger partial charge in [-0.05, 0) is 54.3 Å². The zero-order valence-corrected chi connectivity index (χ0v) is 14.9. The van der Waals surface area contributed by atoms with Gasteiger partial charge in [0.25, 0.3) is 5.91 Å². The van der Waals surface area contributed by atoms with Crippen molar-refractivity contribution in [2.24, 2.45) is 0 Å². The Hall–Kier alpha value is -2.74. The molecule has 5 nitrogen and oxygen atoms in total. The highest BCUT2D eigenvalue weighted by Crippen LogP contribution is 2.41. The van der Waals surface area contributed by atoms with E-state index in [0.29, 0.717) is 18.6 Å². The number of amides is 2. The fourth-order valence-electron chi connectivity index (χ4n) is 3.53. The van der Waals surface area contributed by atoms with E-state index >= 15 is 0 Å². The number of imide groups is 1. The van der Waals surface area contributed by atoms with Gasteiger partial charge in [0, 0.05) is 5.92 Å². The third kappa shape index (κ3) is 3.40. The van der Waals surface area contributed by atoms with Crippen molar-refractivity contribution in [3.63, 3.8) is 0 Å². The predicted molar refractivity (Wildman–Crippen MR) is 92.4 cm³/mol. The molecule has 146 valence electrons. The number of fused-ring (bicyclic) bond motifs is 1. The van der Waals surface area contributed by atoms with Crippen LogP contribution in [0.2, 0.25) is 5.02 Å². The number of benzene rings is 2. The van der Waals surface area contributed by atoms with E-state index in [-0.39, 0.29) is 16.7 Å². The largest absolute Gasteiger partial charge is 0.456 e. The normalized spacial score (nSPS) is 21.3. The Kier molecular flexibility index (Phi) is 4.45. The van der Waals surface area contributed by atoms with E-state index in [0.717, 1.165) is 23.3 Å². The van der Waals surface area contributed by atoms with Crippen LogP contribution in [0.25, 0.3) is 0 Å². The minimum atomic E-state index is -4.49. The number of nitrogens with one attached hydrogen (secondary N) is 1. The smallest absolute Gasteiger partial charge is 0.416 e. The second-order valence-electron chi connectivity index (χ2n) is 6.57. The van der Waals surface area contributed by atoms with Crippen molar-refractivity contribution in [1.82, 2.24) is 5.32 Å². The van der Waals surface area contributed by atoms with Gasteiger partial charge in [-0.15, -0.1) is 0 Å². The highest BCUT2D eigenvalue weighted by atomic mass is 35.5. The fraction of sp³-hybridized carbons (Fsp3) is 0.263. The summed E-state index contributed by atoms with van der Waals surface area (Å²) in [5, 5.41) is 1.97. The molecule has 0 spiro atoms. The quantitative estimate of drug-likeness (QED) is 0.786. The molecule has 1 aliphatic heterocycles. The molecular formula is C19H13ClF3NO4. The van der Waals surface area contributed by atoms with Crippen LogP contribution >= 0.6 is 11.6 Å². The summed E-state index contributed by atoms with van der Waals surface area (Å²) in [4.78, 5) is 23.1. The molecule has 2 aromatic rings. The molecule has 0 aromatic heterocycles. The molecule has 2 aromatic carbocycles. The van der Waals surface area contributed by atoms with Crippen molar-refractivity contribution in [2.75, 3.05) is 0 Å². The van der Waals surface area contributed by atoms with Crippen LogP contribution in [0, 0.1) is 0 Å². The second kappa shape index (κ2) is 6.70. The van der Waals surface area contributed by atoms with Crippen molar-refractivity contribution in [1.29, 1.82) is 0 Å². The molecule has 1 N–H and O–H groups in total. The molecule has 28 heavy (non-hydrogen) atoms. The maximum absolute atomic E-state index is 12.7. The number of carbonyl (C=O) groups excluding carboxylic acids is 2. The van der Waals surface area contributed by atoms with Crippen LogP contribution in [0.5, 0.6) is 11.5 Å². The summed E-state index contributed by atoms with van der Waals surface area (Å²) in [7, 11) is 0. The summed E-state index contributed by atoms with van der Waals surface area (Å²) in [6.07, 6.45) is -4.81. The number of hydrogen-bond acceptors (Lipinski definition) is 4. The van der Waals surface area contributed by atoms with Gasteiger partial charge in [0.05, 0.1) is 10.6 Å². The number of alkyl carbamates (subject to hydrolysis) is 1.